The van der Waals surface area contributed by atoms with E-state index in [9.17, 15) is 0 Å². The molecule has 0 spiro atoms. The summed E-state index contributed by atoms with van der Waals surface area (Å²) in [6.07, 6.45) is 0. The van der Waals surface area contributed by atoms with Crippen molar-refractivity contribution in [3.8, 4) is 17.0 Å². The van der Waals surface area contributed by atoms with Crippen LogP contribution in [0.2, 0.25) is 0 Å². The zero-order valence-corrected chi connectivity index (χ0v) is 10.9. The molecular formula is C14H17N3O. The largest absolute Gasteiger partial charge is 0.496 e. The average molecular weight is 243 g/mol. The first kappa shape index (κ1) is 12.4. The fourth-order valence-electron chi connectivity index (χ4n) is 1.83. The maximum atomic E-state index is 5.36. The summed E-state index contributed by atoms with van der Waals surface area (Å²) in [5.41, 5.74) is 1.85. The van der Waals surface area contributed by atoms with Crippen LogP contribution in [0.5, 0.6) is 5.75 Å². The third kappa shape index (κ3) is 2.59. The summed E-state index contributed by atoms with van der Waals surface area (Å²) in [7, 11) is 1.66. The van der Waals surface area contributed by atoms with Crippen molar-refractivity contribution in [3.63, 3.8) is 0 Å². The molecule has 1 aromatic heterocycles. The molecule has 0 atom stereocenters. The molecule has 0 saturated carbocycles. The van der Waals surface area contributed by atoms with E-state index in [1.54, 1.807) is 7.11 Å². The van der Waals surface area contributed by atoms with Crippen LogP contribution >= 0.6 is 0 Å². The minimum absolute atomic E-state index is 0.745. The van der Waals surface area contributed by atoms with Crippen LogP contribution < -0.4 is 10.1 Å². The summed E-state index contributed by atoms with van der Waals surface area (Å²) in [5.74, 6) is 2.40. The Hall–Kier alpha value is -2.10. The Morgan fingerprint density at radius 3 is 2.72 bits per heavy atom. The van der Waals surface area contributed by atoms with Gasteiger partial charge in [-0.2, -0.15) is 0 Å². The molecule has 2 aromatic rings. The highest BCUT2D eigenvalue weighted by Gasteiger charge is 2.08. The van der Waals surface area contributed by atoms with Crippen molar-refractivity contribution >= 4 is 5.82 Å². The Labute approximate surface area is 107 Å². The van der Waals surface area contributed by atoms with Crippen molar-refractivity contribution in [2.75, 3.05) is 19.0 Å². The molecule has 1 heterocycles. The van der Waals surface area contributed by atoms with E-state index in [0.717, 1.165) is 35.2 Å². The molecule has 1 aromatic carbocycles. The van der Waals surface area contributed by atoms with Crippen LogP contribution in [-0.2, 0) is 0 Å². The predicted octanol–water partition coefficient (Wildman–Crippen LogP) is 2.89. The molecule has 0 aliphatic carbocycles. The van der Waals surface area contributed by atoms with Crippen LogP contribution in [0.3, 0.4) is 0 Å². The molecule has 0 aliphatic rings. The highest BCUT2D eigenvalue weighted by molar-refractivity contribution is 5.69. The van der Waals surface area contributed by atoms with Gasteiger partial charge in [0.2, 0.25) is 0 Å². The van der Waals surface area contributed by atoms with Gasteiger partial charge in [-0.1, -0.05) is 12.1 Å². The summed E-state index contributed by atoms with van der Waals surface area (Å²) in [6, 6.07) is 9.79. The highest BCUT2D eigenvalue weighted by Crippen LogP contribution is 2.29. The minimum Gasteiger partial charge on any atom is -0.496 e. The monoisotopic (exact) mass is 243 g/mol. The fraction of sp³-hybridized carbons (Fsp3) is 0.286. The van der Waals surface area contributed by atoms with Crippen molar-refractivity contribution in [1.82, 2.24) is 9.97 Å². The molecule has 0 amide bonds. The third-order valence-corrected chi connectivity index (χ3v) is 2.58. The van der Waals surface area contributed by atoms with Crippen molar-refractivity contribution in [1.29, 1.82) is 0 Å². The second-order valence-electron chi connectivity index (χ2n) is 3.92. The van der Waals surface area contributed by atoms with Crippen LogP contribution in [0.1, 0.15) is 12.7 Å². The topological polar surface area (TPSA) is 47.0 Å². The highest BCUT2D eigenvalue weighted by atomic mass is 16.5. The first-order valence-corrected chi connectivity index (χ1v) is 5.97. The zero-order valence-electron chi connectivity index (χ0n) is 10.9. The van der Waals surface area contributed by atoms with Gasteiger partial charge < -0.3 is 10.1 Å². The normalized spacial score (nSPS) is 10.2. The van der Waals surface area contributed by atoms with E-state index in [2.05, 4.69) is 15.3 Å². The van der Waals surface area contributed by atoms with Crippen LogP contribution in [-0.4, -0.2) is 23.6 Å². The van der Waals surface area contributed by atoms with Gasteiger partial charge in [-0.15, -0.1) is 0 Å². The Balaban J connectivity index is 2.49. The van der Waals surface area contributed by atoms with Crippen molar-refractivity contribution < 1.29 is 4.74 Å². The molecule has 18 heavy (non-hydrogen) atoms. The van der Waals surface area contributed by atoms with Gasteiger partial charge >= 0.3 is 0 Å². The number of para-hydroxylation sites is 1. The number of benzene rings is 1. The van der Waals surface area contributed by atoms with E-state index in [-0.39, 0.29) is 0 Å². The van der Waals surface area contributed by atoms with Crippen LogP contribution in [0.15, 0.2) is 30.3 Å². The van der Waals surface area contributed by atoms with Gasteiger partial charge in [0.15, 0.2) is 0 Å². The van der Waals surface area contributed by atoms with E-state index < -0.39 is 0 Å². The number of anilines is 1. The van der Waals surface area contributed by atoms with Crippen LogP contribution in [0, 0.1) is 6.92 Å². The molecule has 0 aliphatic heterocycles. The lowest BCUT2D eigenvalue weighted by Crippen LogP contribution is -2.02. The molecular weight excluding hydrogens is 226 g/mol. The van der Waals surface area contributed by atoms with Gasteiger partial charge in [0, 0.05) is 18.2 Å². The van der Waals surface area contributed by atoms with Crippen molar-refractivity contribution in [2.24, 2.45) is 0 Å². The van der Waals surface area contributed by atoms with Gasteiger partial charge in [0.1, 0.15) is 17.4 Å². The fourth-order valence-corrected chi connectivity index (χ4v) is 1.83. The first-order valence-electron chi connectivity index (χ1n) is 5.97. The number of aromatic nitrogens is 2. The lowest BCUT2D eigenvalue weighted by atomic mass is 10.1. The molecule has 94 valence electrons. The van der Waals surface area contributed by atoms with Gasteiger partial charge in [-0.3, -0.25) is 0 Å². The summed E-state index contributed by atoms with van der Waals surface area (Å²) >= 11 is 0. The number of nitrogens with one attached hydrogen (secondary N) is 1. The molecule has 0 saturated heterocycles. The summed E-state index contributed by atoms with van der Waals surface area (Å²) in [6.45, 7) is 4.77. The first-order chi connectivity index (χ1) is 8.74. The van der Waals surface area contributed by atoms with Gasteiger partial charge in [-0.25, -0.2) is 9.97 Å². The average Bonchev–Trinajstić information content (AvgIpc) is 2.38. The lowest BCUT2D eigenvalue weighted by Gasteiger charge is -2.10. The lowest BCUT2D eigenvalue weighted by molar-refractivity contribution is 0.416. The third-order valence-electron chi connectivity index (χ3n) is 2.58. The summed E-state index contributed by atoms with van der Waals surface area (Å²) in [4.78, 5) is 8.81. The second-order valence-corrected chi connectivity index (χ2v) is 3.92. The number of hydrogen-bond donors (Lipinski definition) is 1. The number of rotatable bonds is 4. The molecule has 0 unspecified atom stereocenters. The van der Waals surface area contributed by atoms with E-state index >= 15 is 0 Å². The van der Waals surface area contributed by atoms with E-state index in [1.807, 2.05) is 44.2 Å². The second kappa shape index (κ2) is 5.49. The van der Waals surface area contributed by atoms with E-state index in [1.165, 1.54) is 0 Å². The van der Waals surface area contributed by atoms with Crippen LogP contribution in [0.25, 0.3) is 11.3 Å². The smallest absolute Gasteiger partial charge is 0.130 e. The number of methoxy groups -OCH3 is 1. The maximum absolute atomic E-state index is 5.36. The SMILES string of the molecule is CCNc1cc(-c2ccccc2OC)nc(C)n1. The van der Waals surface area contributed by atoms with E-state index in [0.29, 0.717) is 0 Å². The minimum atomic E-state index is 0.745. The van der Waals surface area contributed by atoms with E-state index in [4.69, 9.17) is 4.74 Å². The quantitative estimate of drug-likeness (QED) is 0.897. The maximum Gasteiger partial charge on any atom is 0.130 e. The Morgan fingerprint density at radius 2 is 2.00 bits per heavy atom. The predicted molar refractivity (Wildman–Crippen MR) is 72.9 cm³/mol. The van der Waals surface area contributed by atoms with Gasteiger partial charge in [-0.05, 0) is 26.0 Å². The summed E-state index contributed by atoms with van der Waals surface area (Å²) in [5, 5.41) is 3.20. The number of ether oxygens (including phenoxy) is 1. The molecule has 1 N–H and O–H groups in total. The zero-order chi connectivity index (χ0) is 13.0. The number of hydrogen-bond acceptors (Lipinski definition) is 4. The molecule has 4 heteroatoms. The summed E-state index contributed by atoms with van der Waals surface area (Å²) < 4.78 is 5.36. The molecule has 2 rings (SSSR count). The number of aryl methyl sites for hydroxylation is 1. The Bertz CT molecular complexity index is 540. The molecule has 0 fully saturated rings. The van der Waals surface area contributed by atoms with Crippen molar-refractivity contribution in [2.45, 2.75) is 13.8 Å². The molecule has 0 bridgehead atoms. The Morgan fingerprint density at radius 1 is 1.22 bits per heavy atom. The molecule has 4 nitrogen and oxygen atoms in total. The van der Waals surface area contributed by atoms with Crippen LogP contribution in [0.4, 0.5) is 5.82 Å². The molecule has 0 radical (unpaired) electrons. The Kier molecular flexibility index (Phi) is 3.77. The van der Waals surface area contributed by atoms with Crippen molar-refractivity contribution in [3.05, 3.63) is 36.2 Å². The standard InChI is InChI=1S/C14H17N3O/c1-4-15-14-9-12(16-10(2)17-14)11-7-5-6-8-13(11)18-3/h5-9H,4H2,1-3H3,(H,15,16,17). The van der Waals surface area contributed by atoms with Gasteiger partial charge in [0.05, 0.1) is 12.8 Å². The van der Waals surface area contributed by atoms with Gasteiger partial charge in [0.25, 0.3) is 0 Å². The number of nitrogens with zero attached hydrogens (tertiary/aromatic N) is 2.